The fraction of sp³-hybridized carbons (Fsp3) is 0.500. The Kier molecular flexibility index (Phi) is 5.04. The first kappa shape index (κ1) is 15.7. The Morgan fingerprint density at radius 1 is 1.30 bits per heavy atom. The van der Waals surface area contributed by atoms with E-state index in [4.69, 9.17) is 0 Å². The van der Waals surface area contributed by atoms with Crippen LogP contribution in [0, 0.1) is 5.82 Å². The van der Waals surface area contributed by atoms with Gasteiger partial charge in [0, 0.05) is 22.6 Å². The molecule has 2 bridgehead atoms. The van der Waals surface area contributed by atoms with Crippen molar-refractivity contribution in [2.45, 2.75) is 43.8 Å². The second-order valence-electron chi connectivity index (χ2n) is 5.40. The van der Waals surface area contributed by atoms with Crippen LogP contribution in [0.25, 0.3) is 0 Å². The second-order valence-corrected chi connectivity index (χ2v) is 6.26. The van der Waals surface area contributed by atoms with Crippen LogP contribution in [-0.4, -0.2) is 24.0 Å². The molecule has 20 heavy (non-hydrogen) atoms. The summed E-state index contributed by atoms with van der Waals surface area (Å²) >= 11 is 3.29. The van der Waals surface area contributed by atoms with Crippen molar-refractivity contribution in [2.24, 2.45) is 0 Å². The first-order chi connectivity index (χ1) is 9.11. The number of carbonyl (C=O) groups is 1. The number of nitrogens with one attached hydrogen (secondary N) is 2. The van der Waals surface area contributed by atoms with Gasteiger partial charge in [-0.05, 0) is 59.8 Å². The van der Waals surface area contributed by atoms with Crippen LogP contribution in [0.3, 0.4) is 0 Å². The normalized spacial score (nSPS) is 27.8. The smallest absolute Gasteiger partial charge is 0.252 e. The highest BCUT2D eigenvalue weighted by Crippen LogP contribution is 2.27. The van der Waals surface area contributed by atoms with E-state index in [0.29, 0.717) is 22.1 Å². The molecule has 2 aliphatic rings. The van der Waals surface area contributed by atoms with Crippen LogP contribution in [0.2, 0.25) is 0 Å². The molecule has 1 aromatic carbocycles. The maximum atomic E-state index is 13.2. The van der Waals surface area contributed by atoms with Gasteiger partial charge < -0.3 is 10.6 Å². The van der Waals surface area contributed by atoms with Crippen molar-refractivity contribution >= 4 is 34.2 Å². The van der Waals surface area contributed by atoms with Crippen LogP contribution in [-0.2, 0) is 0 Å². The summed E-state index contributed by atoms with van der Waals surface area (Å²) in [5, 5.41) is 6.56. The molecular weight excluding hydrogens is 347 g/mol. The fourth-order valence-electron chi connectivity index (χ4n) is 3.11. The molecule has 2 saturated heterocycles. The molecule has 2 atom stereocenters. The molecule has 6 heteroatoms. The minimum atomic E-state index is -0.390. The molecule has 3 nitrogen and oxygen atoms in total. The van der Waals surface area contributed by atoms with E-state index in [1.54, 1.807) is 6.07 Å². The third-order valence-electron chi connectivity index (χ3n) is 3.98. The Hall–Kier alpha value is -0.650. The van der Waals surface area contributed by atoms with Crippen LogP contribution in [0.15, 0.2) is 22.7 Å². The molecule has 2 aliphatic heterocycles. The summed E-state index contributed by atoms with van der Waals surface area (Å²) in [6.07, 6.45) is 4.33. The average Bonchev–Trinajstić information content (AvgIpc) is 2.71. The van der Waals surface area contributed by atoms with Crippen molar-refractivity contribution in [1.29, 1.82) is 0 Å². The van der Waals surface area contributed by atoms with Crippen molar-refractivity contribution in [3.63, 3.8) is 0 Å². The molecule has 2 fully saturated rings. The number of fused-ring (bicyclic) bond motifs is 2. The van der Waals surface area contributed by atoms with Crippen LogP contribution >= 0.6 is 28.3 Å². The topological polar surface area (TPSA) is 41.1 Å². The Labute approximate surface area is 132 Å². The van der Waals surface area contributed by atoms with Gasteiger partial charge in [0.2, 0.25) is 0 Å². The monoisotopic (exact) mass is 362 g/mol. The highest BCUT2D eigenvalue weighted by molar-refractivity contribution is 9.10. The molecule has 0 spiro atoms. The molecule has 0 aliphatic carbocycles. The van der Waals surface area contributed by atoms with E-state index >= 15 is 0 Å². The SMILES string of the molecule is Cl.O=C(NC1CC2CCC(C1)N2)c1cc(F)ccc1Br. The van der Waals surface area contributed by atoms with E-state index in [0.717, 1.165) is 12.8 Å². The van der Waals surface area contributed by atoms with Crippen LogP contribution in [0.5, 0.6) is 0 Å². The summed E-state index contributed by atoms with van der Waals surface area (Å²) in [7, 11) is 0. The van der Waals surface area contributed by atoms with E-state index in [1.807, 2.05) is 0 Å². The zero-order valence-corrected chi connectivity index (χ0v) is 13.3. The van der Waals surface area contributed by atoms with Gasteiger partial charge in [-0.1, -0.05) is 0 Å². The molecule has 2 N–H and O–H groups in total. The predicted molar refractivity (Wildman–Crippen MR) is 81.8 cm³/mol. The van der Waals surface area contributed by atoms with Crippen molar-refractivity contribution in [1.82, 2.24) is 10.6 Å². The highest BCUT2D eigenvalue weighted by atomic mass is 79.9. The van der Waals surface area contributed by atoms with Crippen molar-refractivity contribution < 1.29 is 9.18 Å². The first-order valence-electron chi connectivity index (χ1n) is 6.64. The zero-order valence-electron chi connectivity index (χ0n) is 10.9. The summed E-state index contributed by atoms with van der Waals surface area (Å²) in [5.41, 5.74) is 0.367. The minimum Gasteiger partial charge on any atom is -0.349 e. The molecule has 0 saturated carbocycles. The maximum Gasteiger partial charge on any atom is 0.252 e. The minimum absolute atomic E-state index is 0. The van der Waals surface area contributed by atoms with E-state index in [1.165, 1.54) is 25.0 Å². The summed E-state index contributed by atoms with van der Waals surface area (Å²) in [6.45, 7) is 0. The number of hydrogen-bond donors (Lipinski definition) is 2. The maximum absolute atomic E-state index is 13.2. The largest absolute Gasteiger partial charge is 0.349 e. The Morgan fingerprint density at radius 2 is 1.95 bits per heavy atom. The lowest BCUT2D eigenvalue weighted by atomic mass is 9.99. The van der Waals surface area contributed by atoms with Gasteiger partial charge in [-0.15, -0.1) is 12.4 Å². The van der Waals surface area contributed by atoms with Crippen LogP contribution in [0.4, 0.5) is 4.39 Å². The van der Waals surface area contributed by atoms with Gasteiger partial charge in [0.05, 0.1) is 5.56 Å². The van der Waals surface area contributed by atoms with E-state index in [-0.39, 0.29) is 24.4 Å². The predicted octanol–water partition coefficient (Wildman–Crippen LogP) is 3.02. The Morgan fingerprint density at radius 3 is 2.60 bits per heavy atom. The highest BCUT2D eigenvalue weighted by Gasteiger charge is 2.34. The third-order valence-corrected chi connectivity index (χ3v) is 4.67. The van der Waals surface area contributed by atoms with Gasteiger partial charge in [0.15, 0.2) is 0 Å². The van der Waals surface area contributed by atoms with Gasteiger partial charge in [0.1, 0.15) is 5.82 Å². The quantitative estimate of drug-likeness (QED) is 0.848. The molecule has 1 aromatic rings. The Balaban J connectivity index is 0.00000147. The number of hydrogen-bond acceptors (Lipinski definition) is 2. The lowest BCUT2D eigenvalue weighted by Crippen LogP contribution is -2.48. The molecule has 1 amide bonds. The number of amides is 1. The first-order valence-corrected chi connectivity index (χ1v) is 7.43. The second kappa shape index (κ2) is 6.41. The fourth-order valence-corrected chi connectivity index (χ4v) is 3.54. The molecule has 0 radical (unpaired) electrons. The summed E-state index contributed by atoms with van der Waals surface area (Å²) in [6, 6.07) is 5.43. The number of rotatable bonds is 2. The lowest BCUT2D eigenvalue weighted by Gasteiger charge is -2.29. The van der Waals surface area contributed by atoms with Crippen LogP contribution in [0.1, 0.15) is 36.0 Å². The number of piperidine rings is 1. The number of benzene rings is 1. The van der Waals surface area contributed by atoms with E-state index in [9.17, 15) is 9.18 Å². The average molecular weight is 364 g/mol. The van der Waals surface area contributed by atoms with Gasteiger partial charge in [-0.25, -0.2) is 4.39 Å². The van der Waals surface area contributed by atoms with Crippen molar-refractivity contribution in [2.75, 3.05) is 0 Å². The standard InChI is InChI=1S/C14H16BrFN2O.ClH/c15-13-4-1-8(16)5-12(13)14(19)18-11-6-9-2-3-10(7-11)17-9;/h1,4-5,9-11,17H,2-3,6-7H2,(H,18,19);1H. The number of halogens is 3. The molecule has 2 heterocycles. The summed E-state index contributed by atoms with van der Waals surface area (Å²) < 4.78 is 13.8. The summed E-state index contributed by atoms with van der Waals surface area (Å²) in [4.78, 5) is 12.2. The zero-order chi connectivity index (χ0) is 13.4. The molecule has 110 valence electrons. The molecule has 0 aromatic heterocycles. The van der Waals surface area contributed by atoms with Gasteiger partial charge >= 0.3 is 0 Å². The van der Waals surface area contributed by atoms with Gasteiger partial charge in [-0.2, -0.15) is 0 Å². The lowest BCUT2D eigenvalue weighted by molar-refractivity contribution is 0.0922. The van der Waals surface area contributed by atoms with Gasteiger partial charge in [0.25, 0.3) is 5.91 Å². The van der Waals surface area contributed by atoms with E-state index in [2.05, 4.69) is 26.6 Å². The van der Waals surface area contributed by atoms with E-state index < -0.39 is 5.82 Å². The Bertz CT molecular complexity index is 502. The van der Waals surface area contributed by atoms with Crippen LogP contribution < -0.4 is 10.6 Å². The van der Waals surface area contributed by atoms with Crippen molar-refractivity contribution in [3.8, 4) is 0 Å². The van der Waals surface area contributed by atoms with Crippen molar-refractivity contribution in [3.05, 3.63) is 34.1 Å². The molecular formula is C14H17BrClFN2O. The number of carbonyl (C=O) groups excluding carboxylic acids is 1. The van der Waals surface area contributed by atoms with Gasteiger partial charge in [-0.3, -0.25) is 4.79 Å². The molecule has 2 unspecified atom stereocenters. The summed E-state index contributed by atoms with van der Waals surface area (Å²) in [5.74, 6) is -0.587. The third kappa shape index (κ3) is 3.32. The molecule has 3 rings (SSSR count).